The maximum absolute atomic E-state index is 11.5. The minimum absolute atomic E-state index is 0.272. The third kappa shape index (κ3) is 2.70. The number of aryl methyl sites for hydroxylation is 2. The quantitative estimate of drug-likeness (QED) is 0.799. The summed E-state index contributed by atoms with van der Waals surface area (Å²) < 4.78 is 0. The number of primary amides is 1. The van der Waals surface area contributed by atoms with Gasteiger partial charge >= 0.3 is 0 Å². The monoisotopic (exact) mass is 264 g/mol. The first-order valence-corrected chi connectivity index (χ1v) is 7.21. The molecule has 1 atom stereocenters. The van der Waals surface area contributed by atoms with Crippen LogP contribution in [0.1, 0.15) is 24.0 Å². The fourth-order valence-corrected chi connectivity index (χ4v) is 3.37. The van der Waals surface area contributed by atoms with Crippen molar-refractivity contribution < 1.29 is 4.79 Å². The largest absolute Gasteiger partial charge is 0.368 e. The van der Waals surface area contributed by atoms with Crippen molar-refractivity contribution in [1.82, 2.24) is 0 Å². The van der Waals surface area contributed by atoms with Crippen LogP contribution >= 0.6 is 11.8 Å². The van der Waals surface area contributed by atoms with Crippen LogP contribution in [0.15, 0.2) is 23.1 Å². The van der Waals surface area contributed by atoms with Crippen LogP contribution in [0.4, 0.5) is 0 Å². The maximum Gasteiger partial charge on any atom is 0.238 e. The molecule has 3 nitrogen and oxygen atoms in total. The van der Waals surface area contributed by atoms with Crippen molar-refractivity contribution in [3.63, 3.8) is 0 Å². The van der Waals surface area contributed by atoms with Crippen LogP contribution in [-0.4, -0.2) is 17.2 Å². The summed E-state index contributed by atoms with van der Waals surface area (Å²) in [5, 5.41) is 0. The van der Waals surface area contributed by atoms with E-state index in [2.05, 4.69) is 32.0 Å². The van der Waals surface area contributed by atoms with Crippen molar-refractivity contribution in [3.05, 3.63) is 29.3 Å². The Morgan fingerprint density at radius 2 is 2.11 bits per heavy atom. The standard InChI is InChI=1S/C14H20N2OS/c1-9-3-6-12(10(2)7-9)18-8-14(16,13(15)17)11-4-5-11/h3,6-7,11H,4-5,8,16H2,1-2H3,(H2,15,17). The normalized spacial score (nSPS) is 18.4. The number of benzene rings is 1. The lowest BCUT2D eigenvalue weighted by atomic mass is 9.96. The van der Waals surface area contributed by atoms with E-state index in [0.717, 1.165) is 12.8 Å². The molecule has 2 rings (SSSR count). The Hall–Kier alpha value is -1.00. The maximum atomic E-state index is 11.5. The lowest BCUT2D eigenvalue weighted by Gasteiger charge is -2.25. The molecule has 0 aromatic heterocycles. The predicted octanol–water partition coefficient (Wildman–Crippen LogP) is 1.99. The highest BCUT2D eigenvalue weighted by atomic mass is 32.2. The van der Waals surface area contributed by atoms with Gasteiger partial charge in [-0.3, -0.25) is 4.79 Å². The second kappa shape index (κ2) is 4.94. The van der Waals surface area contributed by atoms with E-state index in [1.165, 1.54) is 16.0 Å². The molecule has 1 amide bonds. The van der Waals surface area contributed by atoms with Crippen LogP contribution in [-0.2, 0) is 4.79 Å². The number of carbonyl (C=O) groups is 1. The summed E-state index contributed by atoms with van der Waals surface area (Å²) in [5.74, 6) is 0.465. The third-order valence-electron chi connectivity index (χ3n) is 3.56. The van der Waals surface area contributed by atoms with Gasteiger partial charge in [-0.25, -0.2) is 0 Å². The molecule has 1 aromatic carbocycles. The number of hydrogen-bond donors (Lipinski definition) is 2. The van der Waals surface area contributed by atoms with Gasteiger partial charge in [-0.05, 0) is 44.2 Å². The van der Waals surface area contributed by atoms with Crippen LogP contribution in [0, 0.1) is 19.8 Å². The molecule has 1 fully saturated rings. The van der Waals surface area contributed by atoms with Crippen LogP contribution in [0.2, 0.25) is 0 Å². The SMILES string of the molecule is Cc1ccc(SCC(N)(C(N)=O)C2CC2)c(C)c1. The van der Waals surface area contributed by atoms with E-state index in [9.17, 15) is 4.79 Å². The molecule has 1 aliphatic rings. The van der Waals surface area contributed by atoms with Gasteiger partial charge in [0.05, 0.1) is 0 Å². The molecule has 1 aliphatic carbocycles. The average Bonchev–Trinajstić information content (AvgIpc) is 3.11. The Labute approximate surface area is 112 Å². The molecular weight excluding hydrogens is 244 g/mol. The summed E-state index contributed by atoms with van der Waals surface area (Å²) in [5.41, 5.74) is 13.3. The van der Waals surface area contributed by atoms with Crippen molar-refractivity contribution >= 4 is 17.7 Å². The first-order chi connectivity index (χ1) is 8.43. The second-order valence-electron chi connectivity index (χ2n) is 5.24. The highest BCUT2D eigenvalue weighted by molar-refractivity contribution is 7.99. The molecule has 1 unspecified atom stereocenters. The van der Waals surface area contributed by atoms with Gasteiger partial charge in [0.1, 0.15) is 5.54 Å². The van der Waals surface area contributed by atoms with Gasteiger partial charge in [0.25, 0.3) is 0 Å². The average molecular weight is 264 g/mol. The highest BCUT2D eigenvalue weighted by Gasteiger charge is 2.46. The Balaban J connectivity index is 2.08. The molecule has 0 bridgehead atoms. The van der Waals surface area contributed by atoms with Crippen LogP contribution in [0.25, 0.3) is 0 Å². The number of nitrogens with two attached hydrogens (primary N) is 2. The minimum atomic E-state index is -0.845. The minimum Gasteiger partial charge on any atom is -0.368 e. The number of amides is 1. The first-order valence-electron chi connectivity index (χ1n) is 6.22. The second-order valence-corrected chi connectivity index (χ2v) is 6.25. The van der Waals surface area contributed by atoms with Crippen LogP contribution in [0.5, 0.6) is 0 Å². The van der Waals surface area contributed by atoms with E-state index in [4.69, 9.17) is 11.5 Å². The molecule has 1 aromatic rings. The van der Waals surface area contributed by atoms with Gasteiger partial charge in [0.15, 0.2) is 0 Å². The molecule has 0 radical (unpaired) electrons. The highest BCUT2D eigenvalue weighted by Crippen LogP contribution is 2.41. The lowest BCUT2D eigenvalue weighted by molar-refractivity contribution is -0.123. The zero-order chi connectivity index (χ0) is 13.3. The van der Waals surface area contributed by atoms with Crippen molar-refractivity contribution in [2.24, 2.45) is 17.4 Å². The molecule has 0 heterocycles. The fraction of sp³-hybridized carbons (Fsp3) is 0.500. The molecule has 98 valence electrons. The summed E-state index contributed by atoms with van der Waals surface area (Å²) in [6, 6.07) is 6.31. The van der Waals surface area contributed by atoms with E-state index in [-0.39, 0.29) is 11.8 Å². The van der Waals surface area contributed by atoms with Crippen molar-refractivity contribution in [1.29, 1.82) is 0 Å². The molecule has 4 heteroatoms. The molecule has 18 heavy (non-hydrogen) atoms. The van der Waals surface area contributed by atoms with E-state index >= 15 is 0 Å². The van der Waals surface area contributed by atoms with Gasteiger partial charge in [-0.2, -0.15) is 0 Å². The Kier molecular flexibility index (Phi) is 3.69. The fourth-order valence-electron chi connectivity index (χ4n) is 2.15. The number of carbonyl (C=O) groups excluding carboxylic acids is 1. The molecule has 0 saturated heterocycles. The first kappa shape index (κ1) is 13.4. The summed E-state index contributed by atoms with van der Waals surface area (Å²) in [7, 11) is 0. The Morgan fingerprint density at radius 1 is 1.44 bits per heavy atom. The number of rotatable bonds is 5. The molecule has 0 aliphatic heterocycles. The van der Waals surface area contributed by atoms with Crippen molar-refractivity contribution in [2.45, 2.75) is 37.1 Å². The van der Waals surface area contributed by atoms with E-state index in [1.807, 2.05) is 0 Å². The summed E-state index contributed by atoms with van der Waals surface area (Å²) in [6.45, 7) is 4.15. The Morgan fingerprint density at radius 3 is 2.61 bits per heavy atom. The zero-order valence-corrected chi connectivity index (χ0v) is 11.7. The molecule has 1 saturated carbocycles. The van der Waals surface area contributed by atoms with Gasteiger partial charge < -0.3 is 11.5 Å². The van der Waals surface area contributed by atoms with Crippen molar-refractivity contribution in [2.75, 3.05) is 5.75 Å². The Bertz CT molecular complexity index is 471. The van der Waals surface area contributed by atoms with Crippen molar-refractivity contribution in [3.8, 4) is 0 Å². The molecule has 0 spiro atoms. The van der Waals surface area contributed by atoms with Crippen LogP contribution in [0.3, 0.4) is 0 Å². The molecular formula is C14H20N2OS. The van der Waals surface area contributed by atoms with E-state index < -0.39 is 5.54 Å². The summed E-state index contributed by atoms with van der Waals surface area (Å²) in [6.07, 6.45) is 2.04. The summed E-state index contributed by atoms with van der Waals surface area (Å²) in [4.78, 5) is 12.7. The number of thioether (sulfide) groups is 1. The topological polar surface area (TPSA) is 69.1 Å². The van der Waals surface area contributed by atoms with Gasteiger partial charge in [0, 0.05) is 10.6 Å². The molecule has 4 N–H and O–H groups in total. The van der Waals surface area contributed by atoms with Gasteiger partial charge in [0.2, 0.25) is 5.91 Å². The smallest absolute Gasteiger partial charge is 0.238 e. The van der Waals surface area contributed by atoms with Crippen LogP contribution < -0.4 is 11.5 Å². The predicted molar refractivity (Wildman–Crippen MR) is 75.5 cm³/mol. The third-order valence-corrected chi connectivity index (χ3v) is 4.95. The summed E-state index contributed by atoms with van der Waals surface area (Å²) >= 11 is 1.63. The van der Waals surface area contributed by atoms with E-state index in [0.29, 0.717) is 5.75 Å². The van der Waals surface area contributed by atoms with Gasteiger partial charge in [-0.1, -0.05) is 17.7 Å². The number of hydrogen-bond acceptors (Lipinski definition) is 3. The van der Waals surface area contributed by atoms with E-state index in [1.54, 1.807) is 11.8 Å². The zero-order valence-electron chi connectivity index (χ0n) is 10.9. The van der Waals surface area contributed by atoms with Gasteiger partial charge in [-0.15, -0.1) is 11.8 Å². The lowest BCUT2D eigenvalue weighted by Crippen LogP contribution is -2.56.